The van der Waals surface area contributed by atoms with Crippen molar-refractivity contribution in [3.8, 4) is 0 Å². The summed E-state index contributed by atoms with van der Waals surface area (Å²) >= 11 is 0. The van der Waals surface area contributed by atoms with Crippen LogP contribution < -0.4 is 0 Å². The van der Waals surface area contributed by atoms with Gasteiger partial charge < -0.3 is 14.4 Å². The highest BCUT2D eigenvalue weighted by Gasteiger charge is 2.22. The maximum atomic E-state index is 10.7. The quantitative estimate of drug-likeness (QED) is 0.625. The van der Waals surface area contributed by atoms with E-state index in [1.807, 2.05) is 20.9 Å². The van der Waals surface area contributed by atoms with Crippen LogP contribution in [0.15, 0.2) is 0 Å². The molecule has 1 unspecified atom stereocenters. The lowest BCUT2D eigenvalue weighted by Gasteiger charge is -2.27. The number of rotatable bonds is 5. The molecule has 0 spiro atoms. The molecule has 1 rings (SSSR count). The molecule has 1 aliphatic rings. The minimum Gasteiger partial charge on any atom is -0.377 e. The fourth-order valence-corrected chi connectivity index (χ4v) is 1.93. The van der Waals surface area contributed by atoms with Gasteiger partial charge in [0.15, 0.2) is 0 Å². The summed E-state index contributed by atoms with van der Waals surface area (Å²) in [6.45, 7) is 6.57. The van der Waals surface area contributed by atoms with Crippen molar-refractivity contribution in [2.75, 3.05) is 26.7 Å². The monoisotopic (exact) mass is 199 g/mol. The van der Waals surface area contributed by atoms with Gasteiger partial charge in [0.1, 0.15) is 6.29 Å². The van der Waals surface area contributed by atoms with Crippen molar-refractivity contribution in [3.05, 3.63) is 0 Å². The third-order valence-electron chi connectivity index (χ3n) is 2.54. The van der Waals surface area contributed by atoms with E-state index in [0.29, 0.717) is 6.10 Å². The van der Waals surface area contributed by atoms with Gasteiger partial charge in [-0.15, -0.1) is 0 Å². The van der Waals surface area contributed by atoms with Crippen LogP contribution in [0.4, 0.5) is 0 Å². The zero-order valence-electron chi connectivity index (χ0n) is 9.45. The van der Waals surface area contributed by atoms with Crippen molar-refractivity contribution in [2.45, 2.75) is 32.8 Å². The molecule has 1 aliphatic heterocycles. The second kappa shape index (κ2) is 4.89. The third-order valence-corrected chi connectivity index (χ3v) is 2.54. The van der Waals surface area contributed by atoms with Crippen molar-refractivity contribution in [3.63, 3.8) is 0 Å². The van der Waals surface area contributed by atoms with Gasteiger partial charge in [-0.05, 0) is 19.9 Å². The summed E-state index contributed by atoms with van der Waals surface area (Å²) in [5, 5.41) is 0. The van der Waals surface area contributed by atoms with E-state index in [9.17, 15) is 4.79 Å². The first-order valence-electron chi connectivity index (χ1n) is 5.30. The van der Waals surface area contributed by atoms with Crippen LogP contribution in [0.5, 0.6) is 0 Å². The number of carbonyl (C=O) groups is 1. The Balaban J connectivity index is 2.27. The molecule has 1 atom stereocenters. The van der Waals surface area contributed by atoms with E-state index >= 15 is 0 Å². The molecule has 1 fully saturated rings. The summed E-state index contributed by atoms with van der Waals surface area (Å²) in [7, 11) is 2.05. The van der Waals surface area contributed by atoms with Crippen LogP contribution in [0.25, 0.3) is 0 Å². The first-order valence-corrected chi connectivity index (χ1v) is 5.30. The van der Waals surface area contributed by atoms with E-state index in [1.165, 1.54) is 6.42 Å². The zero-order chi connectivity index (χ0) is 10.6. The first-order chi connectivity index (χ1) is 6.53. The third kappa shape index (κ3) is 3.76. The van der Waals surface area contributed by atoms with Crippen LogP contribution in [0.1, 0.15) is 26.7 Å². The van der Waals surface area contributed by atoms with Gasteiger partial charge in [-0.3, -0.25) is 0 Å². The van der Waals surface area contributed by atoms with Crippen molar-refractivity contribution >= 4 is 6.29 Å². The second-order valence-corrected chi connectivity index (χ2v) is 4.94. The van der Waals surface area contributed by atoms with Gasteiger partial charge in [-0.2, -0.15) is 0 Å². The van der Waals surface area contributed by atoms with Crippen LogP contribution in [0.3, 0.4) is 0 Å². The molecule has 0 amide bonds. The van der Waals surface area contributed by atoms with Gasteiger partial charge in [0.2, 0.25) is 0 Å². The summed E-state index contributed by atoms with van der Waals surface area (Å²) in [6.07, 6.45) is 3.74. The maximum absolute atomic E-state index is 10.7. The average Bonchev–Trinajstić information content (AvgIpc) is 2.55. The van der Waals surface area contributed by atoms with Crippen LogP contribution in [-0.2, 0) is 9.53 Å². The molecule has 0 bridgehead atoms. The van der Waals surface area contributed by atoms with Gasteiger partial charge >= 0.3 is 0 Å². The van der Waals surface area contributed by atoms with Crippen LogP contribution in [-0.4, -0.2) is 44.0 Å². The molecule has 1 heterocycles. The molecule has 0 aromatic carbocycles. The molecule has 1 saturated heterocycles. The lowest BCUT2D eigenvalue weighted by Crippen LogP contribution is -2.37. The van der Waals surface area contributed by atoms with E-state index in [0.717, 1.165) is 32.4 Å². The van der Waals surface area contributed by atoms with E-state index in [1.54, 1.807) is 0 Å². The number of likely N-dealkylation sites (N-methyl/N-ethyl adjacent to an activating group) is 1. The summed E-state index contributed by atoms with van der Waals surface area (Å²) in [5.74, 6) is 0. The number of ether oxygens (including phenoxy) is 1. The Labute approximate surface area is 86.4 Å². The lowest BCUT2D eigenvalue weighted by molar-refractivity contribution is -0.115. The normalized spacial score (nSPS) is 23.0. The number of hydrogen-bond donors (Lipinski definition) is 0. The van der Waals surface area contributed by atoms with E-state index in [2.05, 4.69) is 4.90 Å². The minimum atomic E-state index is -0.243. The van der Waals surface area contributed by atoms with Gasteiger partial charge in [-0.25, -0.2) is 0 Å². The minimum absolute atomic E-state index is 0.243. The maximum Gasteiger partial charge on any atom is 0.126 e. The van der Waals surface area contributed by atoms with Crippen molar-refractivity contribution < 1.29 is 9.53 Å². The summed E-state index contributed by atoms with van der Waals surface area (Å²) < 4.78 is 5.54. The summed E-state index contributed by atoms with van der Waals surface area (Å²) in [5.41, 5.74) is -0.243. The largest absolute Gasteiger partial charge is 0.377 e. The van der Waals surface area contributed by atoms with Gasteiger partial charge in [0.25, 0.3) is 0 Å². The zero-order valence-corrected chi connectivity index (χ0v) is 9.45. The molecule has 0 aliphatic carbocycles. The highest BCUT2D eigenvalue weighted by molar-refractivity contribution is 5.58. The Kier molecular flexibility index (Phi) is 4.08. The Hall–Kier alpha value is -0.410. The predicted molar refractivity (Wildman–Crippen MR) is 56.3 cm³/mol. The molecule has 14 heavy (non-hydrogen) atoms. The topological polar surface area (TPSA) is 29.5 Å². The highest BCUT2D eigenvalue weighted by Crippen LogP contribution is 2.16. The van der Waals surface area contributed by atoms with E-state index in [4.69, 9.17) is 4.74 Å². The lowest BCUT2D eigenvalue weighted by atomic mass is 9.95. The standard InChI is InChI=1S/C11H21NO2/c1-11(2,9-13)8-12(3)7-10-5-4-6-14-10/h9-10H,4-8H2,1-3H3. The summed E-state index contributed by atoms with van der Waals surface area (Å²) in [6, 6.07) is 0. The highest BCUT2D eigenvalue weighted by atomic mass is 16.5. The van der Waals surface area contributed by atoms with Gasteiger partial charge in [0.05, 0.1) is 6.10 Å². The number of aldehydes is 1. The van der Waals surface area contributed by atoms with E-state index in [-0.39, 0.29) is 5.41 Å². The Morgan fingerprint density at radius 1 is 1.57 bits per heavy atom. The van der Waals surface area contributed by atoms with Gasteiger partial charge in [0, 0.05) is 25.1 Å². The first kappa shape index (κ1) is 11.7. The van der Waals surface area contributed by atoms with Crippen molar-refractivity contribution in [1.29, 1.82) is 0 Å². The number of nitrogens with zero attached hydrogens (tertiary/aromatic N) is 1. The van der Waals surface area contributed by atoms with Gasteiger partial charge in [-0.1, -0.05) is 13.8 Å². The molecule has 0 aromatic rings. The predicted octanol–water partition coefficient (Wildman–Crippen LogP) is 1.32. The van der Waals surface area contributed by atoms with Crippen LogP contribution >= 0.6 is 0 Å². The molecular weight excluding hydrogens is 178 g/mol. The van der Waals surface area contributed by atoms with Crippen LogP contribution in [0, 0.1) is 5.41 Å². The Bertz CT molecular complexity index is 186. The molecule has 82 valence electrons. The SMILES string of the molecule is CN(CC1CCCO1)CC(C)(C)C=O. The van der Waals surface area contributed by atoms with Crippen molar-refractivity contribution in [1.82, 2.24) is 4.90 Å². The molecule has 0 radical (unpaired) electrons. The molecule has 0 saturated carbocycles. The smallest absolute Gasteiger partial charge is 0.126 e. The number of hydrogen-bond acceptors (Lipinski definition) is 3. The molecular formula is C11H21NO2. The second-order valence-electron chi connectivity index (χ2n) is 4.94. The number of carbonyl (C=O) groups excluding carboxylic acids is 1. The molecule has 0 N–H and O–H groups in total. The molecule has 3 nitrogen and oxygen atoms in total. The molecule has 0 aromatic heterocycles. The Morgan fingerprint density at radius 2 is 2.29 bits per heavy atom. The Morgan fingerprint density at radius 3 is 2.79 bits per heavy atom. The fourth-order valence-electron chi connectivity index (χ4n) is 1.93. The van der Waals surface area contributed by atoms with Crippen LogP contribution in [0.2, 0.25) is 0 Å². The van der Waals surface area contributed by atoms with E-state index < -0.39 is 0 Å². The van der Waals surface area contributed by atoms with Crippen molar-refractivity contribution in [2.24, 2.45) is 5.41 Å². The molecule has 3 heteroatoms. The summed E-state index contributed by atoms with van der Waals surface area (Å²) in [4.78, 5) is 12.9. The average molecular weight is 199 g/mol. The fraction of sp³-hybridized carbons (Fsp3) is 0.909.